The standard InChI is InChI=1S/C11H13N3O4S2/c1-6-8(4-12-14-6)5-13-20(17,18)10-3-9(11(15)16)19-7(10)2/h3-4,13H,5H2,1-2H3,(H,12,14)(H,15,16). The van der Waals surface area contributed by atoms with Crippen LogP contribution in [-0.2, 0) is 16.6 Å². The van der Waals surface area contributed by atoms with E-state index in [2.05, 4.69) is 14.9 Å². The van der Waals surface area contributed by atoms with Crippen molar-refractivity contribution in [3.8, 4) is 0 Å². The van der Waals surface area contributed by atoms with E-state index < -0.39 is 16.0 Å². The number of aromatic nitrogens is 2. The molecule has 0 aliphatic carbocycles. The van der Waals surface area contributed by atoms with Crippen LogP contribution >= 0.6 is 11.3 Å². The second-order valence-electron chi connectivity index (χ2n) is 4.18. The van der Waals surface area contributed by atoms with Gasteiger partial charge in [0.15, 0.2) is 0 Å². The Bertz CT molecular complexity index is 746. The molecule has 0 unspecified atom stereocenters. The van der Waals surface area contributed by atoms with Gasteiger partial charge in [-0.15, -0.1) is 11.3 Å². The monoisotopic (exact) mass is 315 g/mol. The molecule has 2 rings (SSSR count). The SMILES string of the molecule is Cc1[nH]ncc1CNS(=O)(=O)c1cc(C(=O)O)sc1C. The maximum atomic E-state index is 12.2. The van der Waals surface area contributed by atoms with Gasteiger partial charge in [-0.1, -0.05) is 0 Å². The molecule has 0 saturated heterocycles. The van der Waals surface area contributed by atoms with Gasteiger partial charge in [-0.2, -0.15) is 5.10 Å². The number of aromatic carboxylic acids is 1. The molecule has 0 spiro atoms. The first kappa shape index (κ1) is 14.7. The van der Waals surface area contributed by atoms with Gasteiger partial charge in [-0.05, 0) is 19.9 Å². The van der Waals surface area contributed by atoms with Crippen molar-refractivity contribution < 1.29 is 18.3 Å². The molecule has 0 saturated carbocycles. The number of hydrogen-bond donors (Lipinski definition) is 3. The first-order chi connectivity index (χ1) is 9.31. The number of carboxylic acid groups (broad SMARTS) is 1. The van der Waals surface area contributed by atoms with Crippen molar-refractivity contribution in [2.24, 2.45) is 0 Å². The lowest BCUT2D eigenvalue weighted by Gasteiger charge is -2.05. The summed E-state index contributed by atoms with van der Waals surface area (Å²) in [5, 5.41) is 15.4. The molecular formula is C11H13N3O4S2. The summed E-state index contributed by atoms with van der Waals surface area (Å²) in [6, 6.07) is 1.17. The van der Waals surface area contributed by atoms with Crippen LogP contribution in [0.2, 0.25) is 0 Å². The summed E-state index contributed by atoms with van der Waals surface area (Å²) in [4.78, 5) is 11.3. The lowest BCUT2D eigenvalue weighted by Crippen LogP contribution is -2.23. The molecular weight excluding hydrogens is 302 g/mol. The largest absolute Gasteiger partial charge is 0.477 e. The van der Waals surface area contributed by atoms with E-state index in [1.54, 1.807) is 20.0 Å². The van der Waals surface area contributed by atoms with E-state index in [9.17, 15) is 13.2 Å². The van der Waals surface area contributed by atoms with Crippen LogP contribution in [0.1, 0.15) is 25.8 Å². The minimum Gasteiger partial charge on any atom is -0.477 e. The quantitative estimate of drug-likeness (QED) is 0.769. The number of aromatic amines is 1. The van der Waals surface area contributed by atoms with Gasteiger partial charge in [0.25, 0.3) is 0 Å². The third-order valence-electron chi connectivity index (χ3n) is 2.76. The highest BCUT2D eigenvalue weighted by atomic mass is 32.2. The van der Waals surface area contributed by atoms with E-state index in [1.165, 1.54) is 6.07 Å². The van der Waals surface area contributed by atoms with Crippen molar-refractivity contribution in [1.29, 1.82) is 0 Å². The normalized spacial score (nSPS) is 11.7. The van der Waals surface area contributed by atoms with E-state index >= 15 is 0 Å². The van der Waals surface area contributed by atoms with Gasteiger partial charge in [0.2, 0.25) is 10.0 Å². The first-order valence-corrected chi connectivity index (χ1v) is 7.93. The molecule has 3 N–H and O–H groups in total. The summed E-state index contributed by atoms with van der Waals surface area (Å²) in [6.07, 6.45) is 1.54. The van der Waals surface area contributed by atoms with Crippen LogP contribution in [0.3, 0.4) is 0 Å². The number of aryl methyl sites for hydroxylation is 2. The van der Waals surface area contributed by atoms with Crippen molar-refractivity contribution in [3.05, 3.63) is 33.3 Å². The Morgan fingerprint density at radius 2 is 2.20 bits per heavy atom. The van der Waals surface area contributed by atoms with Crippen LogP contribution in [0, 0.1) is 13.8 Å². The average Bonchev–Trinajstić information content (AvgIpc) is 2.93. The highest BCUT2D eigenvalue weighted by Gasteiger charge is 2.22. The number of hydrogen-bond acceptors (Lipinski definition) is 5. The fraction of sp³-hybridized carbons (Fsp3) is 0.273. The second-order valence-corrected chi connectivity index (χ2v) is 7.17. The molecule has 108 valence electrons. The van der Waals surface area contributed by atoms with E-state index in [4.69, 9.17) is 5.11 Å². The topological polar surface area (TPSA) is 112 Å². The van der Waals surface area contributed by atoms with E-state index in [1.807, 2.05) is 0 Å². The van der Waals surface area contributed by atoms with Crippen LogP contribution in [0.15, 0.2) is 17.2 Å². The number of carbonyl (C=O) groups is 1. The summed E-state index contributed by atoms with van der Waals surface area (Å²) in [7, 11) is -3.74. The highest BCUT2D eigenvalue weighted by Crippen LogP contribution is 2.25. The Kier molecular flexibility index (Phi) is 3.93. The van der Waals surface area contributed by atoms with Crippen molar-refractivity contribution in [2.75, 3.05) is 0 Å². The van der Waals surface area contributed by atoms with Gasteiger partial charge < -0.3 is 5.11 Å². The van der Waals surface area contributed by atoms with Gasteiger partial charge in [-0.25, -0.2) is 17.9 Å². The zero-order chi connectivity index (χ0) is 14.9. The molecule has 0 aliphatic rings. The van der Waals surface area contributed by atoms with Gasteiger partial charge >= 0.3 is 5.97 Å². The Balaban J connectivity index is 2.22. The average molecular weight is 315 g/mol. The van der Waals surface area contributed by atoms with Gasteiger partial charge in [0.1, 0.15) is 4.88 Å². The number of rotatable bonds is 5. The third-order valence-corrected chi connectivity index (χ3v) is 5.45. The van der Waals surface area contributed by atoms with E-state index in [0.717, 1.165) is 22.6 Å². The Labute approximate surface area is 119 Å². The predicted octanol–water partition coefficient (Wildman–Crippen LogP) is 1.26. The molecule has 2 heterocycles. The summed E-state index contributed by atoms with van der Waals surface area (Å²) >= 11 is 0.939. The number of sulfonamides is 1. The van der Waals surface area contributed by atoms with Crippen molar-refractivity contribution in [1.82, 2.24) is 14.9 Å². The second kappa shape index (κ2) is 5.35. The van der Waals surface area contributed by atoms with Crippen molar-refractivity contribution >= 4 is 27.3 Å². The van der Waals surface area contributed by atoms with Crippen LogP contribution in [0.25, 0.3) is 0 Å². The van der Waals surface area contributed by atoms with Gasteiger partial charge in [0.05, 0.1) is 11.1 Å². The van der Waals surface area contributed by atoms with Gasteiger partial charge in [-0.3, -0.25) is 5.10 Å². The number of nitrogens with one attached hydrogen (secondary N) is 2. The number of nitrogens with zero attached hydrogens (tertiary/aromatic N) is 1. The summed E-state index contributed by atoms with van der Waals surface area (Å²) < 4.78 is 26.8. The molecule has 0 aromatic carbocycles. The van der Waals surface area contributed by atoms with Crippen LogP contribution in [-0.4, -0.2) is 29.7 Å². The summed E-state index contributed by atoms with van der Waals surface area (Å²) in [5.74, 6) is -1.13. The molecule has 7 nitrogen and oxygen atoms in total. The van der Waals surface area contributed by atoms with Crippen molar-refractivity contribution in [2.45, 2.75) is 25.3 Å². The molecule has 0 atom stereocenters. The molecule has 0 bridgehead atoms. The zero-order valence-corrected chi connectivity index (χ0v) is 12.4. The molecule has 9 heteroatoms. The smallest absolute Gasteiger partial charge is 0.345 e. The van der Waals surface area contributed by atoms with Crippen LogP contribution in [0.4, 0.5) is 0 Å². The Morgan fingerprint density at radius 1 is 1.50 bits per heavy atom. The number of H-pyrrole nitrogens is 1. The van der Waals surface area contributed by atoms with E-state index in [-0.39, 0.29) is 16.3 Å². The lowest BCUT2D eigenvalue weighted by atomic mass is 10.3. The highest BCUT2D eigenvalue weighted by molar-refractivity contribution is 7.89. The molecule has 0 fully saturated rings. The van der Waals surface area contributed by atoms with Crippen LogP contribution < -0.4 is 4.72 Å². The van der Waals surface area contributed by atoms with Crippen LogP contribution in [0.5, 0.6) is 0 Å². The number of carboxylic acids is 1. The lowest BCUT2D eigenvalue weighted by molar-refractivity contribution is 0.0702. The summed E-state index contributed by atoms with van der Waals surface area (Å²) in [5.41, 5.74) is 1.51. The fourth-order valence-electron chi connectivity index (χ4n) is 1.64. The zero-order valence-electron chi connectivity index (χ0n) is 10.8. The molecule has 0 aliphatic heterocycles. The molecule has 0 amide bonds. The Morgan fingerprint density at radius 3 is 2.70 bits per heavy atom. The minimum atomic E-state index is -3.74. The molecule has 2 aromatic rings. The predicted molar refractivity (Wildman–Crippen MR) is 73.4 cm³/mol. The third kappa shape index (κ3) is 2.89. The minimum absolute atomic E-state index is 0.000970. The summed E-state index contributed by atoms with van der Waals surface area (Å²) in [6.45, 7) is 3.46. The van der Waals surface area contributed by atoms with Gasteiger partial charge in [0, 0.05) is 22.7 Å². The number of thiophene rings is 1. The molecule has 0 radical (unpaired) electrons. The molecule has 2 aromatic heterocycles. The van der Waals surface area contributed by atoms with Crippen molar-refractivity contribution in [3.63, 3.8) is 0 Å². The maximum Gasteiger partial charge on any atom is 0.345 e. The van der Waals surface area contributed by atoms with E-state index in [0.29, 0.717) is 4.88 Å². The maximum absolute atomic E-state index is 12.2. The fourth-order valence-corrected chi connectivity index (χ4v) is 4.08. The first-order valence-electron chi connectivity index (χ1n) is 5.63. The molecule has 20 heavy (non-hydrogen) atoms. The Hall–Kier alpha value is -1.71.